The van der Waals surface area contributed by atoms with Crippen molar-refractivity contribution in [3.05, 3.63) is 36.3 Å². The number of aliphatic carboxylic acids is 1. The number of aromatic nitrogens is 3. The van der Waals surface area contributed by atoms with Crippen molar-refractivity contribution in [2.24, 2.45) is 13.0 Å². The molecule has 7 heteroatoms. The molecular weight excluding hydrogens is 272 g/mol. The number of carbonyl (C=O) groups excluding carboxylic acids is 1. The van der Waals surface area contributed by atoms with E-state index in [-0.39, 0.29) is 5.92 Å². The fraction of sp³-hybridized carbons (Fsp3) is 0.357. The predicted octanol–water partition coefficient (Wildman–Crippen LogP) is 1.05. The second-order valence-electron chi connectivity index (χ2n) is 5.13. The van der Waals surface area contributed by atoms with E-state index in [1.165, 1.54) is 6.20 Å². The van der Waals surface area contributed by atoms with Gasteiger partial charge in [0.05, 0.1) is 6.20 Å². The van der Waals surface area contributed by atoms with Crippen LogP contribution in [0, 0.1) is 5.92 Å². The highest BCUT2D eigenvalue weighted by atomic mass is 16.4. The summed E-state index contributed by atoms with van der Waals surface area (Å²) >= 11 is 0. The number of hydrogen-bond acceptors (Lipinski definition) is 3. The molecule has 1 amide bonds. The molecule has 7 nitrogen and oxygen atoms in total. The molecule has 0 aliphatic heterocycles. The zero-order chi connectivity index (χ0) is 15.6. The summed E-state index contributed by atoms with van der Waals surface area (Å²) in [7, 11) is 1.73. The number of carboxylic acids is 1. The highest BCUT2D eigenvalue weighted by Gasteiger charge is 2.26. The smallest absolute Gasteiger partial charge is 0.326 e. The molecule has 112 valence electrons. The Kier molecular flexibility index (Phi) is 4.11. The summed E-state index contributed by atoms with van der Waals surface area (Å²) in [6.07, 6.45) is 5.03. The highest BCUT2D eigenvalue weighted by molar-refractivity contribution is 5.99. The van der Waals surface area contributed by atoms with Crippen LogP contribution < -0.4 is 5.32 Å². The number of carbonyl (C=O) groups is 2. The van der Waals surface area contributed by atoms with Gasteiger partial charge in [-0.25, -0.2) is 4.79 Å². The molecule has 0 aliphatic rings. The Balaban J connectivity index is 2.31. The summed E-state index contributed by atoms with van der Waals surface area (Å²) in [6, 6.07) is 2.74. The van der Waals surface area contributed by atoms with Gasteiger partial charge in [-0.15, -0.1) is 0 Å². The molecule has 0 bridgehead atoms. The maximum atomic E-state index is 12.4. The van der Waals surface area contributed by atoms with Gasteiger partial charge in [-0.2, -0.15) is 5.10 Å². The summed E-state index contributed by atoms with van der Waals surface area (Å²) in [5.41, 5.74) is 0.334. The first-order valence-electron chi connectivity index (χ1n) is 6.60. The van der Waals surface area contributed by atoms with Gasteiger partial charge in [0, 0.05) is 19.4 Å². The molecule has 0 fully saturated rings. The minimum Gasteiger partial charge on any atom is -0.480 e. The maximum Gasteiger partial charge on any atom is 0.326 e. The van der Waals surface area contributed by atoms with Crippen molar-refractivity contribution < 1.29 is 14.7 Å². The number of nitrogens with one attached hydrogen (secondary N) is 1. The lowest BCUT2D eigenvalue weighted by atomic mass is 10.0. The van der Waals surface area contributed by atoms with Gasteiger partial charge in [-0.05, 0) is 18.1 Å². The van der Waals surface area contributed by atoms with Gasteiger partial charge in [-0.3, -0.25) is 9.48 Å². The maximum absolute atomic E-state index is 12.4. The van der Waals surface area contributed by atoms with Crippen molar-refractivity contribution in [2.45, 2.75) is 19.9 Å². The van der Waals surface area contributed by atoms with Crippen LogP contribution in [0.25, 0.3) is 5.82 Å². The van der Waals surface area contributed by atoms with Crippen LogP contribution in [-0.2, 0) is 11.8 Å². The standard InChI is InChI=1S/C14H18N4O3/c1-9(2)11(14(20)21)16-12(19)10-8-15-17(3)13(10)18-6-4-5-7-18/h4-9,11H,1-3H3,(H,16,19)(H,20,21)/t11-/m1/s1. The molecule has 2 rings (SSSR count). The molecule has 2 aromatic heterocycles. The number of carboxylic acid groups (broad SMARTS) is 1. The van der Waals surface area contributed by atoms with Crippen molar-refractivity contribution in [3.63, 3.8) is 0 Å². The molecule has 0 aromatic carbocycles. The van der Waals surface area contributed by atoms with Crippen LogP contribution in [0.5, 0.6) is 0 Å². The van der Waals surface area contributed by atoms with Crippen LogP contribution in [0.3, 0.4) is 0 Å². The normalized spacial score (nSPS) is 12.4. The van der Waals surface area contributed by atoms with Gasteiger partial charge in [-0.1, -0.05) is 13.8 Å². The number of amides is 1. The lowest BCUT2D eigenvalue weighted by Gasteiger charge is -2.18. The van der Waals surface area contributed by atoms with E-state index in [4.69, 9.17) is 5.11 Å². The van der Waals surface area contributed by atoms with Crippen molar-refractivity contribution in [1.29, 1.82) is 0 Å². The van der Waals surface area contributed by atoms with Crippen LogP contribution in [-0.4, -0.2) is 37.4 Å². The second kappa shape index (κ2) is 5.82. The van der Waals surface area contributed by atoms with Gasteiger partial charge in [0.1, 0.15) is 17.4 Å². The summed E-state index contributed by atoms with van der Waals surface area (Å²) in [6.45, 7) is 3.49. The van der Waals surface area contributed by atoms with E-state index in [2.05, 4.69) is 10.4 Å². The SMILES string of the molecule is CC(C)[C@@H](NC(=O)c1cnn(C)c1-n1cccc1)C(=O)O. The quantitative estimate of drug-likeness (QED) is 0.861. The zero-order valence-electron chi connectivity index (χ0n) is 12.1. The minimum absolute atomic E-state index is 0.210. The second-order valence-corrected chi connectivity index (χ2v) is 5.13. The van der Waals surface area contributed by atoms with E-state index >= 15 is 0 Å². The Hall–Kier alpha value is -2.57. The molecule has 2 heterocycles. The molecule has 0 spiro atoms. The molecule has 21 heavy (non-hydrogen) atoms. The third-order valence-corrected chi connectivity index (χ3v) is 3.22. The Morgan fingerprint density at radius 1 is 1.29 bits per heavy atom. The Labute approximate surface area is 122 Å². The van der Waals surface area contributed by atoms with Gasteiger partial charge in [0.2, 0.25) is 0 Å². The number of nitrogens with zero attached hydrogens (tertiary/aromatic N) is 3. The third-order valence-electron chi connectivity index (χ3n) is 3.22. The fourth-order valence-corrected chi connectivity index (χ4v) is 2.11. The molecule has 0 saturated carbocycles. The van der Waals surface area contributed by atoms with Crippen molar-refractivity contribution >= 4 is 11.9 Å². The van der Waals surface area contributed by atoms with E-state index in [1.54, 1.807) is 42.5 Å². The van der Waals surface area contributed by atoms with Gasteiger partial charge >= 0.3 is 5.97 Å². The lowest BCUT2D eigenvalue weighted by molar-refractivity contribution is -0.140. The molecule has 0 saturated heterocycles. The lowest BCUT2D eigenvalue weighted by Crippen LogP contribution is -2.44. The van der Waals surface area contributed by atoms with Gasteiger partial charge in [0.25, 0.3) is 5.91 Å². The largest absolute Gasteiger partial charge is 0.480 e. The van der Waals surface area contributed by atoms with E-state index in [0.717, 1.165) is 0 Å². The van der Waals surface area contributed by atoms with Gasteiger partial charge in [0.15, 0.2) is 0 Å². The van der Waals surface area contributed by atoms with E-state index in [1.807, 2.05) is 12.1 Å². The van der Waals surface area contributed by atoms with Crippen LogP contribution >= 0.6 is 0 Å². The van der Waals surface area contributed by atoms with Crippen LogP contribution in [0.1, 0.15) is 24.2 Å². The molecule has 0 radical (unpaired) electrons. The number of hydrogen-bond donors (Lipinski definition) is 2. The third kappa shape index (κ3) is 2.96. The number of rotatable bonds is 5. The average molecular weight is 290 g/mol. The molecule has 1 atom stereocenters. The van der Waals surface area contributed by atoms with Crippen molar-refractivity contribution in [3.8, 4) is 5.82 Å². The van der Waals surface area contributed by atoms with Crippen LogP contribution in [0.2, 0.25) is 0 Å². The first kappa shape index (κ1) is 14.8. The Morgan fingerprint density at radius 2 is 1.90 bits per heavy atom. The van der Waals surface area contributed by atoms with Crippen molar-refractivity contribution in [2.75, 3.05) is 0 Å². The van der Waals surface area contributed by atoms with E-state index in [9.17, 15) is 9.59 Å². The zero-order valence-corrected chi connectivity index (χ0v) is 12.1. The molecular formula is C14H18N4O3. The highest BCUT2D eigenvalue weighted by Crippen LogP contribution is 2.14. The minimum atomic E-state index is -1.05. The summed E-state index contributed by atoms with van der Waals surface area (Å²) in [4.78, 5) is 23.5. The van der Waals surface area contributed by atoms with Crippen LogP contribution in [0.4, 0.5) is 0 Å². The summed E-state index contributed by atoms with van der Waals surface area (Å²) in [5, 5.41) is 15.8. The average Bonchev–Trinajstić information content (AvgIpc) is 3.03. The topological polar surface area (TPSA) is 89.2 Å². The first-order chi connectivity index (χ1) is 9.91. The Bertz CT molecular complexity index is 643. The summed E-state index contributed by atoms with van der Waals surface area (Å²) in [5.74, 6) is -1.12. The molecule has 2 aromatic rings. The van der Waals surface area contributed by atoms with E-state index in [0.29, 0.717) is 11.4 Å². The monoisotopic (exact) mass is 290 g/mol. The van der Waals surface area contributed by atoms with E-state index < -0.39 is 17.9 Å². The van der Waals surface area contributed by atoms with Gasteiger partial charge < -0.3 is 15.0 Å². The van der Waals surface area contributed by atoms with Crippen LogP contribution in [0.15, 0.2) is 30.7 Å². The number of aryl methyl sites for hydroxylation is 1. The molecule has 2 N–H and O–H groups in total. The molecule has 0 unspecified atom stereocenters. The predicted molar refractivity (Wildman–Crippen MR) is 76.3 cm³/mol. The molecule has 0 aliphatic carbocycles. The van der Waals surface area contributed by atoms with Crippen molar-refractivity contribution in [1.82, 2.24) is 19.7 Å². The summed E-state index contributed by atoms with van der Waals surface area (Å²) < 4.78 is 3.33. The fourth-order valence-electron chi connectivity index (χ4n) is 2.11. The Morgan fingerprint density at radius 3 is 2.43 bits per heavy atom. The first-order valence-corrected chi connectivity index (χ1v) is 6.60.